The van der Waals surface area contributed by atoms with Crippen molar-refractivity contribution < 1.29 is 18.9 Å². The van der Waals surface area contributed by atoms with Gasteiger partial charge < -0.3 is 14.8 Å². The van der Waals surface area contributed by atoms with Crippen LogP contribution in [0.3, 0.4) is 0 Å². The molecule has 4 unspecified atom stereocenters. The zero-order valence-electron chi connectivity index (χ0n) is 16.4. The second-order valence-corrected chi connectivity index (χ2v) is 12.9. The van der Waals surface area contributed by atoms with Crippen LogP contribution in [0.2, 0.25) is 18.6 Å². The molecule has 0 spiro atoms. The van der Waals surface area contributed by atoms with E-state index in [0.29, 0.717) is 18.0 Å². The van der Waals surface area contributed by atoms with Crippen molar-refractivity contribution in [3.63, 3.8) is 0 Å². The zero-order valence-corrected chi connectivity index (χ0v) is 17.4. The Morgan fingerprint density at radius 1 is 1.00 bits per heavy atom. The Bertz CT molecular complexity index is 326. The molecule has 1 aliphatic rings. The van der Waals surface area contributed by atoms with Crippen molar-refractivity contribution in [3.8, 4) is 0 Å². The van der Waals surface area contributed by atoms with E-state index in [4.69, 9.17) is 4.98 Å². The fourth-order valence-corrected chi connectivity index (χ4v) is 8.52. The molecule has 5 heteroatoms. The van der Waals surface area contributed by atoms with Crippen LogP contribution in [-0.4, -0.2) is 63.8 Å². The van der Waals surface area contributed by atoms with Crippen molar-refractivity contribution in [1.82, 2.24) is 9.80 Å². The summed E-state index contributed by atoms with van der Waals surface area (Å²) in [6, 6.07) is 1.35. The first-order valence-corrected chi connectivity index (χ1v) is 11.0. The molecule has 0 radical (unpaired) electrons. The van der Waals surface area contributed by atoms with Gasteiger partial charge in [-0.2, -0.15) is 0 Å². The maximum Gasteiger partial charge on any atom is 1.00 e. The quantitative estimate of drug-likeness (QED) is 0.711. The van der Waals surface area contributed by atoms with Crippen LogP contribution in [0, 0.1) is 5.92 Å². The largest absolute Gasteiger partial charge is 1.00 e. The van der Waals surface area contributed by atoms with Gasteiger partial charge in [-0.1, -0.05) is 49.0 Å². The van der Waals surface area contributed by atoms with E-state index in [1.54, 1.807) is 0 Å². The molecule has 1 rings (SSSR count). The van der Waals surface area contributed by atoms with Crippen LogP contribution in [0.25, 0.3) is 4.98 Å². The number of hydrogen-bond acceptors (Lipinski definition) is 2. The van der Waals surface area contributed by atoms with E-state index in [2.05, 4.69) is 78.8 Å². The third-order valence-electron chi connectivity index (χ3n) is 4.84. The summed E-state index contributed by atoms with van der Waals surface area (Å²) < 4.78 is 0. The van der Waals surface area contributed by atoms with E-state index in [9.17, 15) is 0 Å². The Kier molecular flexibility index (Phi) is 7.76. The maximum atomic E-state index is 5.28. The molecule has 120 valence electrons. The van der Waals surface area contributed by atoms with Gasteiger partial charge in [-0.05, 0) is 46.1 Å². The van der Waals surface area contributed by atoms with Crippen LogP contribution in [-0.2, 0) is 0 Å². The van der Waals surface area contributed by atoms with Crippen molar-refractivity contribution in [2.45, 2.75) is 70.4 Å². The average Bonchev–Trinajstić information content (AvgIpc) is 2.52. The van der Waals surface area contributed by atoms with Crippen LogP contribution in [0.15, 0.2) is 0 Å². The molecule has 0 aliphatic heterocycles. The summed E-state index contributed by atoms with van der Waals surface area (Å²) in [5.74, 6) is 0.715. The Hall–Kier alpha value is 0.694. The number of rotatable bonds is 4. The minimum atomic E-state index is -1.60. The first-order chi connectivity index (χ1) is 8.87. The fraction of sp³-hybridized carbons (Fsp3) is 1.00. The van der Waals surface area contributed by atoms with Gasteiger partial charge in [-0.25, -0.2) is 0 Å². The molecule has 3 nitrogen and oxygen atoms in total. The molecule has 0 amide bonds. The standard InChI is InChI=1S/C16H36N3Si.Li/c1-12-13(18(5)6)11-14(15(12)19(7)8)20(9,10)17-16(2,3)4;/h12-15H,11H2,1-10H3;/q-1;+1. The van der Waals surface area contributed by atoms with Crippen molar-refractivity contribution >= 4 is 8.24 Å². The average molecular weight is 306 g/mol. The molecule has 0 N–H and O–H groups in total. The second-order valence-electron chi connectivity index (χ2n) is 8.62. The molecular weight excluding hydrogens is 269 g/mol. The topological polar surface area (TPSA) is 20.6 Å². The Morgan fingerprint density at radius 2 is 1.48 bits per heavy atom. The van der Waals surface area contributed by atoms with Gasteiger partial charge in [0.25, 0.3) is 0 Å². The molecule has 0 bridgehead atoms. The third-order valence-corrected chi connectivity index (χ3v) is 8.48. The van der Waals surface area contributed by atoms with Crippen LogP contribution in [0.5, 0.6) is 0 Å². The number of nitrogens with zero attached hydrogens (tertiary/aromatic N) is 3. The molecule has 0 aromatic heterocycles. The van der Waals surface area contributed by atoms with Crippen LogP contribution in [0.1, 0.15) is 34.1 Å². The van der Waals surface area contributed by atoms with Gasteiger partial charge >= 0.3 is 18.9 Å². The summed E-state index contributed by atoms with van der Waals surface area (Å²) in [6.07, 6.45) is 1.30. The van der Waals surface area contributed by atoms with Gasteiger partial charge in [0, 0.05) is 12.1 Å². The summed E-state index contributed by atoms with van der Waals surface area (Å²) in [5.41, 5.74) is 0.839. The van der Waals surface area contributed by atoms with E-state index in [0.717, 1.165) is 5.54 Å². The van der Waals surface area contributed by atoms with Crippen molar-refractivity contribution in [3.05, 3.63) is 4.98 Å². The van der Waals surface area contributed by atoms with E-state index >= 15 is 0 Å². The predicted molar refractivity (Wildman–Crippen MR) is 93.1 cm³/mol. The van der Waals surface area contributed by atoms with Crippen LogP contribution >= 0.6 is 0 Å². The fourth-order valence-electron chi connectivity index (χ4n) is 4.37. The molecule has 21 heavy (non-hydrogen) atoms. The molecule has 1 aliphatic carbocycles. The van der Waals surface area contributed by atoms with Crippen molar-refractivity contribution in [2.75, 3.05) is 28.2 Å². The van der Waals surface area contributed by atoms with Gasteiger partial charge in [0.05, 0.1) is 0 Å². The Balaban J connectivity index is 0.00000400. The Labute approximate surface area is 146 Å². The molecule has 1 fully saturated rings. The normalized spacial score (nSPS) is 30.9. The van der Waals surface area contributed by atoms with Gasteiger partial charge in [-0.15, -0.1) is 5.54 Å². The van der Waals surface area contributed by atoms with E-state index in [1.807, 2.05) is 0 Å². The smallest absolute Gasteiger partial charge is 0.660 e. The summed E-state index contributed by atoms with van der Waals surface area (Å²) in [4.78, 5) is 10.1. The van der Waals surface area contributed by atoms with Gasteiger partial charge in [0.2, 0.25) is 0 Å². The van der Waals surface area contributed by atoms with Crippen LogP contribution in [0.4, 0.5) is 0 Å². The summed E-state index contributed by atoms with van der Waals surface area (Å²) in [6.45, 7) is 14.1. The first-order valence-electron chi connectivity index (χ1n) is 7.93. The molecule has 0 aromatic rings. The molecule has 0 heterocycles. The molecular formula is C16H36LiN3Si. The molecule has 1 saturated carbocycles. The van der Waals surface area contributed by atoms with Gasteiger partial charge in [0.1, 0.15) is 0 Å². The first kappa shape index (κ1) is 21.7. The van der Waals surface area contributed by atoms with E-state index < -0.39 is 8.24 Å². The predicted octanol–water partition coefficient (Wildman–Crippen LogP) is 0.638. The summed E-state index contributed by atoms with van der Waals surface area (Å²) in [5, 5.41) is 0. The molecule has 4 atom stereocenters. The summed E-state index contributed by atoms with van der Waals surface area (Å²) >= 11 is 0. The van der Waals surface area contributed by atoms with Crippen molar-refractivity contribution in [2.24, 2.45) is 5.92 Å². The van der Waals surface area contributed by atoms with Gasteiger partial charge in [0.15, 0.2) is 0 Å². The zero-order chi connectivity index (χ0) is 15.9. The SMILES string of the molecule is CC1C(N(C)C)CC([Si](C)(C)[N-]C(C)(C)C)C1N(C)C.[Li+]. The van der Waals surface area contributed by atoms with Crippen LogP contribution < -0.4 is 18.9 Å². The minimum Gasteiger partial charge on any atom is -0.660 e. The maximum absolute atomic E-state index is 5.28. The van der Waals surface area contributed by atoms with Crippen molar-refractivity contribution in [1.29, 1.82) is 0 Å². The third kappa shape index (κ3) is 5.37. The monoisotopic (exact) mass is 305 g/mol. The van der Waals surface area contributed by atoms with E-state index in [-0.39, 0.29) is 24.4 Å². The Morgan fingerprint density at radius 3 is 1.81 bits per heavy atom. The molecule has 0 aromatic carbocycles. The minimum absolute atomic E-state index is 0. The summed E-state index contributed by atoms with van der Waals surface area (Å²) in [7, 11) is 7.34. The van der Waals surface area contributed by atoms with E-state index in [1.165, 1.54) is 6.42 Å². The molecule has 0 saturated heterocycles. The second kappa shape index (κ2) is 7.51. The van der Waals surface area contributed by atoms with Gasteiger partial charge in [-0.3, -0.25) is 0 Å². The number of hydrogen-bond donors (Lipinski definition) is 0.